The van der Waals surface area contributed by atoms with Gasteiger partial charge in [0.25, 0.3) is 0 Å². The molecule has 4 heteroatoms. The first-order chi connectivity index (χ1) is 7.36. The molecule has 0 spiro atoms. The van der Waals surface area contributed by atoms with E-state index in [9.17, 15) is 0 Å². The van der Waals surface area contributed by atoms with Gasteiger partial charge in [0.2, 0.25) is 0 Å². The van der Waals surface area contributed by atoms with Crippen LogP contribution < -0.4 is 5.32 Å². The van der Waals surface area contributed by atoms with Crippen molar-refractivity contribution in [3.8, 4) is 6.07 Å². The molecule has 86 valence electrons. The quantitative estimate of drug-likeness (QED) is 0.641. The summed E-state index contributed by atoms with van der Waals surface area (Å²) in [7, 11) is 0. The van der Waals surface area contributed by atoms with Crippen LogP contribution in [-0.4, -0.2) is 38.5 Å². The summed E-state index contributed by atoms with van der Waals surface area (Å²) in [5, 5.41) is 11.9. The van der Waals surface area contributed by atoms with Crippen molar-refractivity contribution in [2.24, 2.45) is 0 Å². The van der Waals surface area contributed by atoms with Crippen LogP contribution in [0.5, 0.6) is 0 Å². The van der Waals surface area contributed by atoms with Crippen molar-refractivity contribution in [3.05, 3.63) is 0 Å². The highest BCUT2D eigenvalue weighted by Crippen LogP contribution is 2.11. The van der Waals surface area contributed by atoms with Crippen LogP contribution in [0.15, 0.2) is 0 Å². The summed E-state index contributed by atoms with van der Waals surface area (Å²) in [5.74, 6) is 0. The van der Waals surface area contributed by atoms with Gasteiger partial charge in [-0.1, -0.05) is 6.92 Å². The van der Waals surface area contributed by atoms with Gasteiger partial charge in [-0.2, -0.15) is 5.26 Å². The Balaban J connectivity index is 1.97. The molecule has 0 saturated carbocycles. The third-order valence-electron chi connectivity index (χ3n) is 2.48. The molecular formula is C11H20N2O2. The lowest BCUT2D eigenvalue weighted by Crippen LogP contribution is -2.29. The Morgan fingerprint density at radius 1 is 1.67 bits per heavy atom. The minimum absolute atomic E-state index is 0.0838. The van der Waals surface area contributed by atoms with Gasteiger partial charge >= 0.3 is 0 Å². The highest BCUT2D eigenvalue weighted by molar-refractivity contribution is 4.88. The topological polar surface area (TPSA) is 54.3 Å². The molecule has 1 fully saturated rings. The van der Waals surface area contributed by atoms with Crippen molar-refractivity contribution in [2.75, 3.05) is 26.4 Å². The normalized spacial score (nSPS) is 22.5. The van der Waals surface area contributed by atoms with Gasteiger partial charge in [0, 0.05) is 13.2 Å². The van der Waals surface area contributed by atoms with E-state index in [4.69, 9.17) is 14.7 Å². The van der Waals surface area contributed by atoms with Crippen LogP contribution in [0.1, 0.15) is 26.2 Å². The number of nitrogens with zero attached hydrogens (tertiary/aromatic N) is 1. The van der Waals surface area contributed by atoms with Gasteiger partial charge in [-0.25, -0.2) is 0 Å². The molecule has 2 atom stereocenters. The Morgan fingerprint density at radius 3 is 3.13 bits per heavy atom. The molecule has 1 heterocycles. The van der Waals surface area contributed by atoms with Gasteiger partial charge in [-0.3, -0.25) is 0 Å². The molecule has 0 amide bonds. The third kappa shape index (κ3) is 5.12. The van der Waals surface area contributed by atoms with E-state index in [0.717, 1.165) is 32.4 Å². The van der Waals surface area contributed by atoms with E-state index in [2.05, 4.69) is 11.4 Å². The largest absolute Gasteiger partial charge is 0.379 e. The van der Waals surface area contributed by atoms with Crippen molar-refractivity contribution in [1.82, 2.24) is 5.32 Å². The molecule has 1 aliphatic rings. The van der Waals surface area contributed by atoms with Crippen LogP contribution in [0, 0.1) is 11.3 Å². The van der Waals surface area contributed by atoms with Crippen molar-refractivity contribution >= 4 is 0 Å². The standard InChI is InChI=1S/C11H20N2O2/c1-2-13-10(8-12)5-7-14-9-11-4-3-6-15-11/h10-11,13H,2-7,9H2,1H3. The van der Waals surface area contributed by atoms with Gasteiger partial charge in [0.15, 0.2) is 0 Å². The summed E-state index contributed by atoms with van der Waals surface area (Å²) in [6.45, 7) is 4.99. The van der Waals surface area contributed by atoms with E-state index >= 15 is 0 Å². The first kappa shape index (κ1) is 12.4. The average Bonchev–Trinajstić information content (AvgIpc) is 2.75. The molecule has 0 bridgehead atoms. The summed E-state index contributed by atoms with van der Waals surface area (Å²) in [6, 6.07) is 2.13. The molecule has 0 aromatic heterocycles. The number of hydrogen-bond acceptors (Lipinski definition) is 4. The third-order valence-corrected chi connectivity index (χ3v) is 2.48. The van der Waals surface area contributed by atoms with Gasteiger partial charge < -0.3 is 14.8 Å². The van der Waals surface area contributed by atoms with Crippen LogP contribution in [-0.2, 0) is 9.47 Å². The van der Waals surface area contributed by atoms with Crippen molar-refractivity contribution < 1.29 is 9.47 Å². The van der Waals surface area contributed by atoms with Crippen LogP contribution in [0.2, 0.25) is 0 Å². The zero-order chi connectivity index (χ0) is 10.9. The summed E-state index contributed by atoms with van der Waals surface area (Å²) >= 11 is 0. The molecule has 0 aromatic carbocycles. The second-order valence-electron chi connectivity index (χ2n) is 3.74. The number of rotatable bonds is 7. The zero-order valence-corrected chi connectivity index (χ0v) is 9.37. The molecule has 0 aromatic rings. The van der Waals surface area contributed by atoms with E-state index < -0.39 is 0 Å². The summed E-state index contributed by atoms with van der Waals surface area (Å²) in [5.41, 5.74) is 0. The van der Waals surface area contributed by atoms with Crippen LogP contribution >= 0.6 is 0 Å². The maximum Gasteiger partial charge on any atom is 0.0974 e. The minimum atomic E-state index is -0.0838. The molecule has 1 aliphatic heterocycles. The van der Waals surface area contributed by atoms with Crippen LogP contribution in [0.4, 0.5) is 0 Å². The van der Waals surface area contributed by atoms with Gasteiger partial charge in [-0.05, 0) is 25.8 Å². The Labute approximate surface area is 91.6 Å². The molecule has 1 N–H and O–H groups in total. The lowest BCUT2D eigenvalue weighted by atomic mass is 10.2. The lowest BCUT2D eigenvalue weighted by molar-refractivity contribution is 0.0156. The molecule has 1 saturated heterocycles. The number of nitriles is 1. The van der Waals surface area contributed by atoms with Gasteiger partial charge in [0.05, 0.1) is 24.8 Å². The van der Waals surface area contributed by atoms with Crippen LogP contribution in [0.25, 0.3) is 0 Å². The summed E-state index contributed by atoms with van der Waals surface area (Å²) < 4.78 is 10.9. The molecule has 0 radical (unpaired) electrons. The van der Waals surface area contributed by atoms with Crippen molar-refractivity contribution in [3.63, 3.8) is 0 Å². The van der Waals surface area contributed by atoms with Gasteiger partial charge in [0.1, 0.15) is 0 Å². The molecule has 4 nitrogen and oxygen atoms in total. The highest BCUT2D eigenvalue weighted by atomic mass is 16.5. The average molecular weight is 212 g/mol. The predicted octanol–water partition coefficient (Wildman–Crippen LogP) is 1.07. The molecule has 2 unspecified atom stereocenters. The second-order valence-corrected chi connectivity index (χ2v) is 3.74. The minimum Gasteiger partial charge on any atom is -0.379 e. The summed E-state index contributed by atoms with van der Waals surface area (Å²) in [4.78, 5) is 0. The monoisotopic (exact) mass is 212 g/mol. The Morgan fingerprint density at radius 2 is 2.53 bits per heavy atom. The fourth-order valence-corrected chi connectivity index (χ4v) is 1.65. The smallest absolute Gasteiger partial charge is 0.0974 e. The lowest BCUT2D eigenvalue weighted by Gasteiger charge is -2.12. The Hall–Kier alpha value is -0.630. The Bertz CT molecular complexity index is 197. The molecule has 0 aliphatic carbocycles. The van der Waals surface area contributed by atoms with E-state index in [1.165, 1.54) is 0 Å². The summed E-state index contributed by atoms with van der Waals surface area (Å²) in [6.07, 6.45) is 3.28. The zero-order valence-electron chi connectivity index (χ0n) is 9.37. The van der Waals surface area contributed by atoms with E-state index in [-0.39, 0.29) is 12.1 Å². The maximum atomic E-state index is 8.78. The highest BCUT2D eigenvalue weighted by Gasteiger charge is 2.15. The van der Waals surface area contributed by atoms with E-state index in [1.54, 1.807) is 0 Å². The Kier molecular flexibility index (Phi) is 6.33. The maximum absolute atomic E-state index is 8.78. The molecule has 15 heavy (non-hydrogen) atoms. The van der Waals surface area contributed by atoms with Crippen molar-refractivity contribution in [2.45, 2.75) is 38.3 Å². The first-order valence-corrected chi connectivity index (χ1v) is 5.69. The molecule has 1 rings (SSSR count). The number of hydrogen-bond donors (Lipinski definition) is 1. The number of ether oxygens (including phenoxy) is 2. The van der Waals surface area contributed by atoms with E-state index in [0.29, 0.717) is 13.2 Å². The SMILES string of the molecule is CCNC(C#N)CCOCC1CCCO1. The fraction of sp³-hybridized carbons (Fsp3) is 0.909. The van der Waals surface area contributed by atoms with Gasteiger partial charge in [-0.15, -0.1) is 0 Å². The predicted molar refractivity (Wildman–Crippen MR) is 57.5 cm³/mol. The molecular weight excluding hydrogens is 192 g/mol. The first-order valence-electron chi connectivity index (χ1n) is 5.69. The number of nitrogens with one attached hydrogen (secondary N) is 1. The van der Waals surface area contributed by atoms with Crippen molar-refractivity contribution in [1.29, 1.82) is 5.26 Å². The second kappa shape index (κ2) is 7.63. The fourth-order valence-electron chi connectivity index (χ4n) is 1.65. The van der Waals surface area contributed by atoms with Crippen LogP contribution in [0.3, 0.4) is 0 Å². The van der Waals surface area contributed by atoms with E-state index in [1.807, 2.05) is 6.92 Å².